The fourth-order valence-electron chi connectivity index (χ4n) is 4.57. The van der Waals surface area contributed by atoms with Crippen molar-refractivity contribution < 1.29 is 4.79 Å². The van der Waals surface area contributed by atoms with Crippen LogP contribution in [0.5, 0.6) is 0 Å². The van der Waals surface area contributed by atoms with Gasteiger partial charge in [-0.05, 0) is 72.9 Å². The molecule has 0 amide bonds. The number of hydrogen-bond donors (Lipinski definition) is 0. The minimum atomic E-state index is 0.00269. The molecule has 0 atom stereocenters. The van der Waals surface area contributed by atoms with Crippen LogP contribution >= 0.6 is 0 Å². The lowest BCUT2D eigenvalue weighted by atomic mass is 9.97. The van der Waals surface area contributed by atoms with Crippen LogP contribution in [0.1, 0.15) is 55.7 Å². The van der Waals surface area contributed by atoms with E-state index < -0.39 is 0 Å². The van der Waals surface area contributed by atoms with Gasteiger partial charge < -0.3 is 0 Å². The SMILES string of the molecule is C=C(C1=CC(C#CCc2ccc(C#Cc3cccc(C(=O)c4ccc(C)cc4)c3)cc2)=CCC=C1)c1ccc(C)cc1. The Hall–Kier alpha value is -5.37. The lowest BCUT2D eigenvalue weighted by molar-refractivity contribution is 0.103. The van der Waals surface area contributed by atoms with Crippen LogP contribution in [0.3, 0.4) is 0 Å². The Labute approximate surface area is 249 Å². The molecule has 0 saturated carbocycles. The minimum Gasteiger partial charge on any atom is -0.289 e. The van der Waals surface area contributed by atoms with Crippen LogP contribution in [0.4, 0.5) is 0 Å². The zero-order valence-electron chi connectivity index (χ0n) is 24.1. The summed E-state index contributed by atoms with van der Waals surface area (Å²) >= 11 is 0. The molecule has 1 aliphatic carbocycles. The molecule has 4 aromatic rings. The van der Waals surface area contributed by atoms with Gasteiger partial charge in [0.25, 0.3) is 0 Å². The molecule has 1 aliphatic rings. The molecule has 4 aromatic carbocycles. The van der Waals surface area contributed by atoms with Crippen molar-refractivity contribution in [3.05, 3.63) is 184 Å². The maximum atomic E-state index is 12.9. The first-order chi connectivity index (χ1) is 20.4. The van der Waals surface area contributed by atoms with E-state index in [9.17, 15) is 4.79 Å². The number of aryl methyl sites for hydroxylation is 2. The average molecular weight is 541 g/mol. The van der Waals surface area contributed by atoms with Crippen molar-refractivity contribution in [2.45, 2.75) is 26.7 Å². The van der Waals surface area contributed by atoms with Gasteiger partial charge in [0.2, 0.25) is 0 Å². The number of carbonyl (C=O) groups excluding carboxylic acids is 1. The van der Waals surface area contributed by atoms with Gasteiger partial charge in [-0.2, -0.15) is 0 Å². The predicted molar refractivity (Wildman–Crippen MR) is 175 cm³/mol. The second-order valence-corrected chi connectivity index (χ2v) is 10.4. The largest absolute Gasteiger partial charge is 0.289 e. The molecule has 0 aromatic heterocycles. The van der Waals surface area contributed by atoms with Crippen molar-refractivity contribution in [3.8, 4) is 23.7 Å². The molecule has 0 fully saturated rings. The Morgan fingerprint density at radius 2 is 1.40 bits per heavy atom. The molecule has 0 aliphatic heterocycles. The third kappa shape index (κ3) is 7.42. The average Bonchev–Trinajstić information content (AvgIpc) is 3.27. The maximum Gasteiger partial charge on any atom is 0.193 e. The lowest BCUT2D eigenvalue weighted by Gasteiger charge is -2.07. The molecule has 5 rings (SSSR count). The summed E-state index contributed by atoms with van der Waals surface area (Å²) in [5, 5.41) is 0. The molecule has 202 valence electrons. The molecule has 0 unspecified atom stereocenters. The summed E-state index contributed by atoms with van der Waals surface area (Å²) < 4.78 is 0. The molecular weight excluding hydrogens is 508 g/mol. The summed E-state index contributed by atoms with van der Waals surface area (Å²) in [4.78, 5) is 12.9. The van der Waals surface area contributed by atoms with Crippen LogP contribution in [0.25, 0.3) is 5.57 Å². The summed E-state index contributed by atoms with van der Waals surface area (Å²) in [7, 11) is 0. The molecule has 0 N–H and O–H groups in total. The summed E-state index contributed by atoms with van der Waals surface area (Å²) in [5.41, 5.74) is 10.8. The molecule has 1 heteroatoms. The second kappa shape index (κ2) is 13.3. The first-order valence-electron chi connectivity index (χ1n) is 14.1. The van der Waals surface area contributed by atoms with Crippen molar-refractivity contribution >= 4 is 11.4 Å². The summed E-state index contributed by atoms with van der Waals surface area (Å²) in [5.74, 6) is 13.1. The molecule has 0 radical (unpaired) electrons. The Morgan fingerprint density at radius 1 is 0.738 bits per heavy atom. The van der Waals surface area contributed by atoms with Gasteiger partial charge in [-0.25, -0.2) is 0 Å². The van der Waals surface area contributed by atoms with Crippen molar-refractivity contribution in [3.63, 3.8) is 0 Å². The topological polar surface area (TPSA) is 17.1 Å². The van der Waals surface area contributed by atoms with Gasteiger partial charge in [-0.15, -0.1) is 0 Å². The first kappa shape index (κ1) is 28.2. The predicted octanol–water partition coefficient (Wildman–Crippen LogP) is 9.01. The molecule has 0 heterocycles. The van der Waals surface area contributed by atoms with Crippen LogP contribution in [0.2, 0.25) is 0 Å². The quantitative estimate of drug-likeness (QED) is 0.182. The van der Waals surface area contributed by atoms with Crippen molar-refractivity contribution in [2.24, 2.45) is 0 Å². The number of hydrogen-bond acceptors (Lipinski definition) is 1. The van der Waals surface area contributed by atoms with E-state index in [1.807, 2.05) is 67.6 Å². The molecule has 1 nitrogen and oxygen atoms in total. The van der Waals surface area contributed by atoms with Gasteiger partial charge in [0.1, 0.15) is 0 Å². The van der Waals surface area contributed by atoms with E-state index in [1.54, 1.807) is 0 Å². The summed E-state index contributed by atoms with van der Waals surface area (Å²) in [6.07, 6.45) is 10.1. The van der Waals surface area contributed by atoms with Crippen LogP contribution in [-0.2, 0) is 6.42 Å². The van der Waals surface area contributed by atoms with Gasteiger partial charge in [-0.3, -0.25) is 4.79 Å². The normalized spacial score (nSPS) is 12.0. The van der Waals surface area contributed by atoms with Crippen LogP contribution in [-0.4, -0.2) is 5.78 Å². The van der Waals surface area contributed by atoms with Crippen LogP contribution in [0, 0.1) is 37.5 Å². The third-order valence-corrected chi connectivity index (χ3v) is 7.10. The van der Waals surface area contributed by atoms with Gasteiger partial charge in [0.15, 0.2) is 5.78 Å². The fraction of sp³-hybridized carbons (Fsp3) is 0.0976. The zero-order chi connectivity index (χ0) is 29.3. The smallest absolute Gasteiger partial charge is 0.193 e. The van der Waals surface area contributed by atoms with E-state index in [1.165, 1.54) is 5.56 Å². The van der Waals surface area contributed by atoms with Gasteiger partial charge in [0.05, 0.1) is 0 Å². The first-order valence-corrected chi connectivity index (χ1v) is 14.1. The van der Waals surface area contributed by atoms with E-state index in [-0.39, 0.29) is 5.78 Å². The van der Waals surface area contributed by atoms with E-state index in [2.05, 4.69) is 97.9 Å². The number of rotatable bonds is 5. The van der Waals surface area contributed by atoms with E-state index in [0.29, 0.717) is 17.5 Å². The van der Waals surface area contributed by atoms with Crippen molar-refractivity contribution in [1.82, 2.24) is 0 Å². The van der Waals surface area contributed by atoms with Crippen molar-refractivity contribution in [1.29, 1.82) is 0 Å². The van der Waals surface area contributed by atoms with Crippen molar-refractivity contribution in [2.75, 3.05) is 0 Å². The highest BCUT2D eigenvalue weighted by atomic mass is 16.1. The molecule has 0 saturated heterocycles. The summed E-state index contributed by atoms with van der Waals surface area (Å²) in [6, 6.07) is 31.8. The number of ketones is 1. The Kier molecular flexibility index (Phi) is 8.94. The highest BCUT2D eigenvalue weighted by Gasteiger charge is 2.09. The molecule has 0 bridgehead atoms. The van der Waals surface area contributed by atoms with Gasteiger partial charge >= 0.3 is 0 Å². The Balaban J connectivity index is 1.22. The molecule has 42 heavy (non-hydrogen) atoms. The lowest BCUT2D eigenvalue weighted by Crippen LogP contribution is -2.01. The standard InChI is InChI=1S/C41H32O/c1-30-14-24-37(25-15-30)32(3)39-12-5-4-8-35(28-39)10-6-9-33-18-20-34(21-19-33)22-23-36-11-7-13-40(29-36)41(42)38-26-16-31(2)17-27-38/h5,7-8,11-21,24-29H,3-4,9H2,1-2H3. The molecular formula is C41H32O. The zero-order valence-corrected chi connectivity index (χ0v) is 24.1. The minimum absolute atomic E-state index is 0.00269. The van der Waals surface area contributed by atoms with E-state index in [0.717, 1.165) is 51.0 Å². The van der Waals surface area contributed by atoms with Crippen LogP contribution in [0.15, 0.2) is 139 Å². The van der Waals surface area contributed by atoms with E-state index in [4.69, 9.17) is 0 Å². The molecule has 0 spiro atoms. The summed E-state index contributed by atoms with van der Waals surface area (Å²) in [6.45, 7) is 8.43. The van der Waals surface area contributed by atoms with E-state index >= 15 is 0 Å². The third-order valence-electron chi connectivity index (χ3n) is 7.10. The highest BCUT2D eigenvalue weighted by Crippen LogP contribution is 2.25. The Morgan fingerprint density at radius 3 is 2.12 bits per heavy atom. The van der Waals surface area contributed by atoms with Gasteiger partial charge in [0, 0.05) is 34.2 Å². The number of benzene rings is 4. The second-order valence-electron chi connectivity index (χ2n) is 10.4. The van der Waals surface area contributed by atoms with Crippen LogP contribution < -0.4 is 0 Å². The monoisotopic (exact) mass is 540 g/mol. The number of allylic oxidation sites excluding steroid dienone is 7. The Bertz CT molecular complexity index is 1830. The van der Waals surface area contributed by atoms with Gasteiger partial charge in [-0.1, -0.05) is 132 Å². The number of carbonyl (C=O) groups is 1. The maximum absolute atomic E-state index is 12.9. The highest BCUT2D eigenvalue weighted by molar-refractivity contribution is 6.09. The fourth-order valence-corrected chi connectivity index (χ4v) is 4.57.